The fourth-order valence-electron chi connectivity index (χ4n) is 2.95. The Morgan fingerprint density at radius 1 is 0.632 bits per heavy atom. The molecule has 0 aromatic heterocycles. The smallest absolute Gasteiger partial charge is 0.323 e. The average Bonchev–Trinajstić information content (AvgIpc) is 3.80. The van der Waals surface area contributed by atoms with Crippen molar-refractivity contribution in [2.75, 3.05) is 39.6 Å². The van der Waals surface area contributed by atoms with Gasteiger partial charge in [0.05, 0.1) is 45.9 Å². The number of carbonyl (C=O) groups is 9. The number of carboxylic acid groups (broad SMARTS) is 4. The molecule has 0 radical (unpaired) electrons. The van der Waals surface area contributed by atoms with Crippen molar-refractivity contribution < 1.29 is 92.4 Å². The first-order valence-electron chi connectivity index (χ1n) is 16.4. The first-order valence-corrected chi connectivity index (χ1v) is 16.4. The Morgan fingerprint density at radius 3 is 1.14 bits per heavy atom. The summed E-state index contributed by atoms with van der Waals surface area (Å²) in [5.41, 5.74) is 30.8. The number of halogens is 2. The van der Waals surface area contributed by atoms with Crippen LogP contribution in [0.3, 0.4) is 0 Å². The van der Waals surface area contributed by atoms with E-state index in [1.165, 1.54) is 6.92 Å². The second kappa shape index (κ2) is 37.3. The summed E-state index contributed by atoms with van der Waals surface area (Å²) < 4.78 is 22.6. The molecule has 27 heteroatoms. The van der Waals surface area contributed by atoms with Crippen molar-refractivity contribution in [1.29, 1.82) is 0 Å². The van der Waals surface area contributed by atoms with Crippen LogP contribution in [0.15, 0.2) is 0 Å². The molecule has 0 aliphatic carbocycles. The second-order valence-corrected chi connectivity index (χ2v) is 11.1. The molecular weight excluding hydrogens is 864 g/mol. The van der Waals surface area contributed by atoms with Crippen molar-refractivity contribution >= 4 is 83.1 Å². The van der Waals surface area contributed by atoms with E-state index in [4.69, 9.17) is 59.9 Å². The number of aliphatic hydroxyl groups excluding tert-OH is 1. The van der Waals surface area contributed by atoms with Gasteiger partial charge >= 0.3 is 53.7 Å². The van der Waals surface area contributed by atoms with Crippen molar-refractivity contribution in [3.05, 3.63) is 0 Å². The molecule has 3 fully saturated rings. The predicted octanol–water partition coefficient (Wildman–Crippen LogP) is -3.89. The summed E-state index contributed by atoms with van der Waals surface area (Å²) in [5.74, 6) is -6.31. The van der Waals surface area contributed by atoms with Gasteiger partial charge in [0.1, 0.15) is 36.3 Å². The van der Waals surface area contributed by atoms with Crippen LogP contribution in [0, 0.1) is 0 Å². The first kappa shape index (κ1) is 61.9. The average molecular weight is 920 g/mol. The molecule has 3 saturated heterocycles. The molecule has 3 rings (SSSR count). The quantitative estimate of drug-likeness (QED) is 0.0586. The van der Waals surface area contributed by atoms with E-state index in [9.17, 15) is 43.2 Å². The van der Waals surface area contributed by atoms with Gasteiger partial charge in [-0.05, 0) is 6.42 Å². The number of carboxylic acids is 4. The number of hydrogen-bond donors (Lipinski definition) is 11. The summed E-state index contributed by atoms with van der Waals surface area (Å²) in [6.45, 7) is 2.52. The molecule has 334 valence electrons. The molecular formula is C30H56BrClN6O19. The Bertz CT molecular complexity index is 1180. The lowest BCUT2D eigenvalue weighted by atomic mass is 10.2. The zero-order valence-electron chi connectivity index (χ0n) is 31.1. The summed E-state index contributed by atoms with van der Waals surface area (Å²) in [4.78, 5) is 92.0. The Hall–Kier alpha value is -4.28. The standard InChI is InChI=1S/C8H13NO6.C6H11NO4.C4H9NO3.3C4H7NO2.BrH.ClH/c9-5(8(13)14)3-4-15-7(12)2-1-6(10)11;1-4(8)11-3-2-5(7)6(9)10;5-3(1-2-6)4(7)8;3*5-3-1-2-7-4(3)6;;/h5H,1-4,9H2,(H,10,11)(H,13,14);5H,2-3,7H2,1H3,(H,9,10);3,6H,1-2,5H2,(H,7,8);3*3H,1-2,5H2;2*1H/t2*5-;3-;;;;;/m000...../s1. The minimum atomic E-state index is -1.17. The van der Waals surface area contributed by atoms with Gasteiger partial charge in [-0.1, -0.05) is 0 Å². The number of rotatable bonds is 14. The van der Waals surface area contributed by atoms with Gasteiger partial charge in [0.15, 0.2) is 0 Å². The Balaban J connectivity index is -0.000000193. The van der Waals surface area contributed by atoms with Gasteiger partial charge in [-0.15, -0.1) is 29.4 Å². The maximum Gasteiger partial charge on any atom is 0.323 e. The summed E-state index contributed by atoms with van der Waals surface area (Å²) in [7, 11) is 0. The maximum absolute atomic E-state index is 10.8. The van der Waals surface area contributed by atoms with Crippen LogP contribution in [0.2, 0.25) is 0 Å². The van der Waals surface area contributed by atoms with Crippen LogP contribution in [-0.4, -0.2) is 155 Å². The van der Waals surface area contributed by atoms with E-state index < -0.39 is 53.9 Å². The molecule has 3 heterocycles. The van der Waals surface area contributed by atoms with E-state index in [0.717, 1.165) is 0 Å². The number of esters is 5. The van der Waals surface area contributed by atoms with E-state index in [-0.39, 0.29) is 117 Å². The Morgan fingerprint density at radius 2 is 0.947 bits per heavy atom. The summed E-state index contributed by atoms with van der Waals surface area (Å²) >= 11 is 0. The Labute approximate surface area is 343 Å². The molecule has 17 N–H and O–H groups in total. The fourth-order valence-corrected chi connectivity index (χ4v) is 2.95. The van der Waals surface area contributed by atoms with Gasteiger partial charge in [0.25, 0.3) is 0 Å². The topological polar surface area (TPSA) is 457 Å². The first-order chi connectivity index (χ1) is 25.6. The molecule has 57 heavy (non-hydrogen) atoms. The number of aliphatic carboxylic acids is 4. The third kappa shape index (κ3) is 38.4. The molecule has 0 aromatic rings. The molecule has 0 spiro atoms. The maximum atomic E-state index is 10.8. The molecule has 3 unspecified atom stereocenters. The van der Waals surface area contributed by atoms with Crippen LogP contribution in [0.1, 0.15) is 58.3 Å². The lowest BCUT2D eigenvalue weighted by Gasteiger charge is -2.06. The number of hydrogen-bond acceptors (Lipinski definition) is 21. The van der Waals surface area contributed by atoms with Gasteiger partial charge < -0.3 is 83.6 Å². The number of aliphatic hydroxyl groups is 1. The highest BCUT2D eigenvalue weighted by molar-refractivity contribution is 8.93. The number of ether oxygens (including phenoxy) is 5. The number of cyclic esters (lactones) is 3. The highest BCUT2D eigenvalue weighted by Gasteiger charge is 2.22. The van der Waals surface area contributed by atoms with Crippen molar-refractivity contribution in [2.24, 2.45) is 34.4 Å². The minimum absolute atomic E-state index is 0. The lowest BCUT2D eigenvalue weighted by Crippen LogP contribution is -2.31. The van der Waals surface area contributed by atoms with Gasteiger partial charge in [-0.2, -0.15) is 0 Å². The lowest BCUT2D eigenvalue weighted by molar-refractivity contribution is -0.148. The molecule has 25 nitrogen and oxygen atoms in total. The van der Waals surface area contributed by atoms with Crippen LogP contribution >= 0.6 is 29.4 Å². The molecule has 3 aliphatic rings. The van der Waals surface area contributed by atoms with E-state index in [2.05, 4.69) is 23.7 Å². The summed E-state index contributed by atoms with van der Waals surface area (Å²) in [6, 6.07) is -3.98. The minimum Gasteiger partial charge on any atom is -0.481 e. The van der Waals surface area contributed by atoms with Crippen molar-refractivity contribution in [3.63, 3.8) is 0 Å². The van der Waals surface area contributed by atoms with Crippen molar-refractivity contribution in [1.82, 2.24) is 0 Å². The third-order valence-electron chi connectivity index (χ3n) is 6.29. The monoisotopic (exact) mass is 918 g/mol. The van der Waals surface area contributed by atoms with E-state index in [1.54, 1.807) is 0 Å². The Kier molecular flexibility index (Phi) is 40.5. The third-order valence-corrected chi connectivity index (χ3v) is 6.29. The summed E-state index contributed by atoms with van der Waals surface area (Å²) in [6.07, 6.45) is 1.79. The molecule has 0 saturated carbocycles. The van der Waals surface area contributed by atoms with E-state index in [0.29, 0.717) is 39.1 Å². The number of carbonyl (C=O) groups excluding carboxylic acids is 5. The van der Waals surface area contributed by atoms with Crippen LogP contribution < -0.4 is 34.4 Å². The zero-order chi connectivity index (χ0) is 43.1. The molecule has 0 bridgehead atoms. The van der Waals surface area contributed by atoms with Gasteiger partial charge in [-0.25, -0.2) is 0 Å². The SMILES string of the molecule is Br.CC(=O)OCC[C@H](N)C(=O)O.Cl.NC1CCOC1=O.NC1CCOC1=O.NC1CCOC1=O.N[C@@H](CCO)C(=O)O.N[C@@H](CCOC(=O)CCC(=O)O)C(=O)O. The van der Waals surface area contributed by atoms with E-state index in [1.807, 2.05) is 0 Å². The van der Waals surface area contributed by atoms with Crippen molar-refractivity contribution in [3.8, 4) is 0 Å². The van der Waals surface area contributed by atoms with Crippen LogP contribution in [0.5, 0.6) is 0 Å². The largest absolute Gasteiger partial charge is 0.481 e. The summed E-state index contributed by atoms with van der Waals surface area (Å²) in [5, 5.41) is 41.1. The van der Waals surface area contributed by atoms with Crippen molar-refractivity contribution in [2.45, 2.75) is 94.5 Å². The molecule has 3 aliphatic heterocycles. The molecule has 0 amide bonds. The second-order valence-electron chi connectivity index (χ2n) is 11.1. The van der Waals surface area contributed by atoms with Crippen LogP contribution in [0.4, 0.5) is 0 Å². The van der Waals surface area contributed by atoms with Crippen LogP contribution in [-0.2, 0) is 66.8 Å². The van der Waals surface area contributed by atoms with Gasteiger partial charge in [0, 0.05) is 45.6 Å². The number of nitrogens with two attached hydrogens (primary N) is 6. The predicted molar refractivity (Wildman–Crippen MR) is 200 cm³/mol. The molecule has 0 aromatic carbocycles. The highest BCUT2D eigenvalue weighted by atomic mass is 79.9. The molecule has 6 atom stereocenters. The van der Waals surface area contributed by atoms with Gasteiger partial charge in [0.2, 0.25) is 0 Å². The fraction of sp³-hybridized carbons (Fsp3) is 0.700. The zero-order valence-corrected chi connectivity index (χ0v) is 33.6. The normalized spacial score (nSPS) is 18.5. The van der Waals surface area contributed by atoms with E-state index >= 15 is 0 Å². The van der Waals surface area contributed by atoms with Gasteiger partial charge in [-0.3, -0.25) is 43.2 Å². The highest BCUT2D eigenvalue weighted by Crippen LogP contribution is 2.02. The van der Waals surface area contributed by atoms with Crippen LogP contribution in [0.25, 0.3) is 0 Å².